The highest BCUT2D eigenvalue weighted by Gasteiger charge is 2.12. The summed E-state index contributed by atoms with van der Waals surface area (Å²) in [5.74, 6) is 0.0587. The Bertz CT molecular complexity index is 807. The smallest absolute Gasteiger partial charge is 0.225 e. The average Bonchev–Trinajstić information content (AvgIpc) is 3.14. The number of hydrogen-bond donors (Lipinski definition) is 1. The second-order valence-electron chi connectivity index (χ2n) is 6.06. The molecule has 0 bridgehead atoms. The number of nitrogens with zero attached hydrogens (tertiary/aromatic N) is 3. The van der Waals surface area contributed by atoms with E-state index in [2.05, 4.69) is 15.2 Å². The van der Waals surface area contributed by atoms with Crippen molar-refractivity contribution in [2.75, 3.05) is 27.2 Å². The quantitative estimate of drug-likeness (QED) is 0.672. The molecule has 24 heavy (non-hydrogen) atoms. The molecule has 2 heterocycles. The van der Waals surface area contributed by atoms with Crippen molar-refractivity contribution < 1.29 is 4.79 Å². The van der Waals surface area contributed by atoms with E-state index in [1.807, 2.05) is 60.4 Å². The zero-order chi connectivity index (χ0) is 16.9. The van der Waals surface area contributed by atoms with E-state index < -0.39 is 0 Å². The maximum atomic E-state index is 12.1. The Morgan fingerprint density at radius 2 is 2.08 bits per heavy atom. The molecular weight excluding hydrogens is 320 g/mol. The molecule has 6 heteroatoms. The molecule has 2 aromatic heterocycles. The third kappa shape index (κ3) is 4.01. The van der Waals surface area contributed by atoms with E-state index in [4.69, 9.17) is 0 Å². The summed E-state index contributed by atoms with van der Waals surface area (Å²) in [5, 5.41) is 5.00. The minimum atomic E-state index is 0.0587. The van der Waals surface area contributed by atoms with Gasteiger partial charge in [0.05, 0.1) is 12.1 Å². The van der Waals surface area contributed by atoms with Gasteiger partial charge in [-0.05, 0) is 27.1 Å². The lowest BCUT2D eigenvalue weighted by molar-refractivity contribution is -0.120. The van der Waals surface area contributed by atoms with Crippen LogP contribution in [0.25, 0.3) is 16.2 Å². The number of carbonyl (C=O) groups is 1. The monoisotopic (exact) mass is 342 g/mol. The number of rotatable bonds is 7. The Morgan fingerprint density at radius 3 is 2.83 bits per heavy atom. The number of imidazole rings is 1. The highest BCUT2D eigenvalue weighted by atomic mass is 32.1. The average molecular weight is 342 g/mol. The maximum Gasteiger partial charge on any atom is 0.225 e. The number of hydrogen-bond acceptors (Lipinski definition) is 4. The van der Waals surface area contributed by atoms with Crippen LogP contribution in [0.1, 0.15) is 12.1 Å². The molecule has 126 valence electrons. The second kappa shape index (κ2) is 7.59. The molecule has 0 aliphatic carbocycles. The van der Waals surface area contributed by atoms with Crippen LogP contribution in [-0.4, -0.2) is 47.4 Å². The molecule has 0 aliphatic rings. The predicted molar refractivity (Wildman–Crippen MR) is 98.4 cm³/mol. The van der Waals surface area contributed by atoms with E-state index in [1.54, 1.807) is 11.3 Å². The fourth-order valence-electron chi connectivity index (χ4n) is 2.55. The fourth-order valence-corrected chi connectivity index (χ4v) is 3.43. The molecule has 0 unspecified atom stereocenters. The van der Waals surface area contributed by atoms with Gasteiger partial charge in [-0.2, -0.15) is 0 Å². The minimum absolute atomic E-state index is 0.0587. The van der Waals surface area contributed by atoms with E-state index >= 15 is 0 Å². The van der Waals surface area contributed by atoms with Crippen molar-refractivity contribution in [2.24, 2.45) is 0 Å². The first kappa shape index (κ1) is 16.7. The Labute approximate surface area is 145 Å². The van der Waals surface area contributed by atoms with Gasteiger partial charge in [0.2, 0.25) is 5.91 Å². The number of benzene rings is 1. The summed E-state index contributed by atoms with van der Waals surface area (Å²) >= 11 is 1.57. The fraction of sp³-hybridized carbons (Fsp3) is 0.333. The number of nitrogens with one attached hydrogen (secondary N) is 1. The summed E-state index contributed by atoms with van der Waals surface area (Å²) in [7, 11) is 4.07. The topological polar surface area (TPSA) is 49.6 Å². The van der Waals surface area contributed by atoms with Crippen molar-refractivity contribution in [3.63, 3.8) is 0 Å². The van der Waals surface area contributed by atoms with Crippen LogP contribution in [0.4, 0.5) is 0 Å². The van der Waals surface area contributed by atoms with Crippen molar-refractivity contribution >= 4 is 22.2 Å². The summed E-state index contributed by atoms with van der Waals surface area (Å²) in [6.45, 7) is 1.69. The molecule has 1 amide bonds. The molecule has 0 aliphatic heterocycles. The largest absolute Gasteiger partial charge is 0.356 e. The highest BCUT2D eigenvalue weighted by molar-refractivity contribution is 7.15. The van der Waals surface area contributed by atoms with Gasteiger partial charge in [0.25, 0.3) is 0 Å². The number of fused-ring (bicyclic) bond motifs is 1. The summed E-state index contributed by atoms with van der Waals surface area (Å²) in [5.41, 5.74) is 3.01. The lowest BCUT2D eigenvalue weighted by Crippen LogP contribution is -2.28. The van der Waals surface area contributed by atoms with E-state index in [0.717, 1.165) is 34.9 Å². The van der Waals surface area contributed by atoms with Gasteiger partial charge in [-0.25, -0.2) is 4.98 Å². The molecule has 0 spiro atoms. The van der Waals surface area contributed by atoms with Crippen LogP contribution in [0.2, 0.25) is 0 Å². The molecule has 0 saturated carbocycles. The van der Waals surface area contributed by atoms with Crippen LogP contribution in [-0.2, 0) is 11.2 Å². The highest BCUT2D eigenvalue weighted by Crippen LogP contribution is 2.23. The minimum Gasteiger partial charge on any atom is -0.356 e. The first-order valence-electron chi connectivity index (χ1n) is 8.06. The molecule has 1 aromatic carbocycles. The van der Waals surface area contributed by atoms with Crippen molar-refractivity contribution in [3.8, 4) is 11.3 Å². The van der Waals surface area contributed by atoms with Gasteiger partial charge < -0.3 is 10.2 Å². The molecule has 5 nitrogen and oxygen atoms in total. The van der Waals surface area contributed by atoms with Crippen molar-refractivity contribution in [1.82, 2.24) is 19.6 Å². The van der Waals surface area contributed by atoms with Gasteiger partial charge in [0, 0.05) is 29.4 Å². The molecule has 3 rings (SSSR count). The standard InChI is InChI=1S/C18H22N4OS/c1-21(2)10-6-9-19-17(23)11-15-13-24-18-20-16(12-22(15)18)14-7-4-3-5-8-14/h3-5,7-8,12-13H,6,9-11H2,1-2H3,(H,19,23). The summed E-state index contributed by atoms with van der Waals surface area (Å²) in [4.78, 5) is 19.8. The van der Waals surface area contributed by atoms with Gasteiger partial charge in [0.1, 0.15) is 0 Å². The third-order valence-electron chi connectivity index (χ3n) is 3.80. The van der Waals surface area contributed by atoms with Gasteiger partial charge >= 0.3 is 0 Å². The second-order valence-corrected chi connectivity index (χ2v) is 6.89. The zero-order valence-corrected chi connectivity index (χ0v) is 14.8. The van der Waals surface area contributed by atoms with Crippen LogP contribution in [0, 0.1) is 0 Å². The molecule has 0 radical (unpaired) electrons. The zero-order valence-electron chi connectivity index (χ0n) is 14.0. The number of aromatic nitrogens is 2. The predicted octanol–water partition coefficient (Wildman–Crippen LogP) is 2.67. The molecule has 0 saturated heterocycles. The number of carbonyl (C=O) groups excluding carboxylic acids is 1. The maximum absolute atomic E-state index is 12.1. The molecule has 0 fully saturated rings. The van der Waals surface area contributed by atoms with E-state index in [-0.39, 0.29) is 5.91 Å². The number of thiazole rings is 1. The van der Waals surface area contributed by atoms with Gasteiger partial charge in [-0.3, -0.25) is 9.20 Å². The summed E-state index contributed by atoms with van der Waals surface area (Å²) in [6.07, 6.45) is 3.35. The van der Waals surface area contributed by atoms with Gasteiger partial charge in [0.15, 0.2) is 4.96 Å². The lowest BCUT2D eigenvalue weighted by Gasteiger charge is -2.09. The third-order valence-corrected chi connectivity index (χ3v) is 4.69. The van der Waals surface area contributed by atoms with Crippen molar-refractivity contribution in [2.45, 2.75) is 12.8 Å². The van der Waals surface area contributed by atoms with Gasteiger partial charge in [-0.1, -0.05) is 30.3 Å². The SMILES string of the molecule is CN(C)CCCNC(=O)Cc1csc2nc(-c3ccccc3)cn12. The Balaban J connectivity index is 1.65. The van der Waals surface area contributed by atoms with Crippen LogP contribution in [0.3, 0.4) is 0 Å². The first-order valence-corrected chi connectivity index (χ1v) is 8.94. The van der Waals surface area contributed by atoms with Crippen molar-refractivity contribution in [3.05, 3.63) is 47.6 Å². The Kier molecular flexibility index (Phi) is 5.27. The van der Waals surface area contributed by atoms with Crippen molar-refractivity contribution in [1.29, 1.82) is 0 Å². The lowest BCUT2D eigenvalue weighted by atomic mass is 10.2. The normalized spacial score (nSPS) is 11.3. The van der Waals surface area contributed by atoms with Crippen LogP contribution in [0.15, 0.2) is 41.9 Å². The van der Waals surface area contributed by atoms with E-state index in [0.29, 0.717) is 13.0 Å². The summed E-state index contributed by atoms with van der Waals surface area (Å²) in [6, 6.07) is 10.1. The summed E-state index contributed by atoms with van der Waals surface area (Å²) < 4.78 is 2.02. The van der Waals surface area contributed by atoms with Gasteiger partial charge in [-0.15, -0.1) is 11.3 Å². The molecule has 1 N–H and O–H groups in total. The Morgan fingerprint density at radius 1 is 1.29 bits per heavy atom. The van der Waals surface area contributed by atoms with E-state index in [1.165, 1.54) is 0 Å². The van der Waals surface area contributed by atoms with Crippen LogP contribution >= 0.6 is 11.3 Å². The van der Waals surface area contributed by atoms with Crippen LogP contribution in [0.5, 0.6) is 0 Å². The van der Waals surface area contributed by atoms with E-state index in [9.17, 15) is 4.79 Å². The Hall–Kier alpha value is -2.18. The number of amides is 1. The molecule has 0 atom stereocenters. The molecular formula is C18H22N4OS. The first-order chi connectivity index (χ1) is 11.6. The molecule has 3 aromatic rings. The van der Waals surface area contributed by atoms with Crippen LogP contribution < -0.4 is 5.32 Å².